The SMILES string of the molecule is COc1cccc(F)c1CNc1ccc(-c2cnc(N3CCN(C(C)C)CC3)nc2)c2nncn12. The number of nitrogens with zero attached hydrogens (tertiary/aromatic N) is 7. The first-order chi connectivity index (χ1) is 17.0. The molecule has 10 heteroatoms. The minimum absolute atomic E-state index is 0.254. The minimum atomic E-state index is -0.323. The Labute approximate surface area is 203 Å². The zero-order chi connectivity index (χ0) is 24.4. The molecule has 3 aromatic heterocycles. The predicted molar refractivity (Wildman–Crippen MR) is 133 cm³/mol. The van der Waals surface area contributed by atoms with E-state index in [4.69, 9.17) is 4.74 Å². The highest BCUT2D eigenvalue weighted by atomic mass is 19.1. The van der Waals surface area contributed by atoms with E-state index in [0.717, 1.165) is 49.1 Å². The molecule has 0 bridgehead atoms. The molecule has 4 aromatic rings. The number of hydrogen-bond donors (Lipinski definition) is 1. The Hall–Kier alpha value is -3.79. The number of rotatable bonds is 7. The summed E-state index contributed by atoms with van der Waals surface area (Å²) in [5, 5.41) is 11.7. The van der Waals surface area contributed by atoms with Crippen molar-refractivity contribution < 1.29 is 9.13 Å². The summed E-state index contributed by atoms with van der Waals surface area (Å²) in [4.78, 5) is 14.0. The average Bonchev–Trinajstić information content (AvgIpc) is 3.38. The van der Waals surface area contributed by atoms with Gasteiger partial charge in [0.05, 0.1) is 7.11 Å². The van der Waals surface area contributed by atoms with Crippen LogP contribution in [0.15, 0.2) is 49.1 Å². The van der Waals surface area contributed by atoms with E-state index in [9.17, 15) is 4.39 Å². The monoisotopic (exact) mass is 476 g/mol. The number of pyridine rings is 1. The van der Waals surface area contributed by atoms with E-state index in [0.29, 0.717) is 23.0 Å². The van der Waals surface area contributed by atoms with E-state index in [2.05, 4.69) is 49.1 Å². The number of ether oxygens (including phenoxy) is 1. The fourth-order valence-corrected chi connectivity index (χ4v) is 4.42. The van der Waals surface area contributed by atoms with Crippen molar-refractivity contribution in [1.29, 1.82) is 0 Å². The van der Waals surface area contributed by atoms with Gasteiger partial charge >= 0.3 is 0 Å². The maximum absolute atomic E-state index is 14.3. The maximum atomic E-state index is 14.3. The summed E-state index contributed by atoms with van der Waals surface area (Å²) in [6.45, 7) is 8.56. The van der Waals surface area contributed by atoms with Gasteiger partial charge in [0.2, 0.25) is 5.95 Å². The molecule has 0 spiro atoms. The predicted octanol–water partition coefficient (Wildman–Crippen LogP) is 3.48. The van der Waals surface area contributed by atoms with Crippen molar-refractivity contribution in [2.45, 2.75) is 26.4 Å². The van der Waals surface area contributed by atoms with Crippen LogP contribution < -0.4 is 15.0 Å². The van der Waals surface area contributed by atoms with E-state index in [-0.39, 0.29) is 12.4 Å². The third-order valence-electron chi connectivity index (χ3n) is 6.47. The third kappa shape index (κ3) is 4.61. The van der Waals surface area contributed by atoms with Crippen LogP contribution >= 0.6 is 0 Å². The second-order valence-corrected chi connectivity index (χ2v) is 8.82. The van der Waals surface area contributed by atoms with Gasteiger partial charge in [0.15, 0.2) is 5.65 Å². The molecule has 0 aliphatic carbocycles. The number of anilines is 2. The van der Waals surface area contributed by atoms with Gasteiger partial charge in [-0.3, -0.25) is 9.30 Å². The topological polar surface area (TPSA) is 83.7 Å². The van der Waals surface area contributed by atoms with Gasteiger partial charge in [0, 0.05) is 67.8 Å². The van der Waals surface area contributed by atoms with Crippen molar-refractivity contribution in [2.75, 3.05) is 43.5 Å². The molecule has 0 radical (unpaired) electrons. The van der Waals surface area contributed by atoms with Crippen LogP contribution in [-0.2, 0) is 6.54 Å². The molecule has 0 saturated carbocycles. The maximum Gasteiger partial charge on any atom is 0.225 e. The van der Waals surface area contributed by atoms with Crippen molar-refractivity contribution in [3.63, 3.8) is 0 Å². The summed E-state index contributed by atoms with van der Waals surface area (Å²) >= 11 is 0. The Morgan fingerprint density at radius 1 is 1.06 bits per heavy atom. The molecule has 0 amide bonds. The van der Waals surface area contributed by atoms with E-state index < -0.39 is 0 Å². The quantitative estimate of drug-likeness (QED) is 0.434. The molecule has 0 atom stereocenters. The fourth-order valence-electron chi connectivity index (χ4n) is 4.42. The number of nitrogens with one attached hydrogen (secondary N) is 1. The van der Waals surface area contributed by atoms with Gasteiger partial charge < -0.3 is 15.0 Å². The first-order valence-electron chi connectivity index (χ1n) is 11.7. The van der Waals surface area contributed by atoms with Crippen molar-refractivity contribution >= 4 is 17.4 Å². The summed E-state index contributed by atoms with van der Waals surface area (Å²) in [7, 11) is 1.53. The van der Waals surface area contributed by atoms with Gasteiger partial charge in [-0.1, -0.05) is 6.07 Å². The number of benzene rings is 1. The Bertz CT molecular complexity index is 1300. The highest BCUT2D eigenvalue weighted by Gasteiger charge is 2.21. The van der Waals surface area contributed by atoms with Gasteiger partial charge in [-0.15, -0.1) is 10.2 Å². The van der Waals surface area contributed by atoms with Crippen molar-refractivity contribution in [2.24, 2.45) is 0 Å². The molecule has 1 aliphatic heterocycles. The molecule has 1 aliphatic rings. The molecule has 1 N–H and O–H groups in total. The first kappa shape index (κ1) is 23.0. The zero-order valence-corrected chi connectivity index (χ0v) is 20.1. The van der Waals surface area contributed by atoms with Crippen molar-refractivity contribution in [3.05, 3.63) is 60.4 Å². The van der Waals surface area contributed by atoms with E-state index >= 15 is 0 Å². The highest BCUT2D eigenvalue weighted by Crippen LogP contribution is 2.27. The summed E-state index contributed by atoms with van der Waals surface area (Å²) in [6, 6.07) is 9.21. The van der Waals surface area contributed by atoms with Gasteiger partial charge in [0.25, 0.3) is 0 Å². The minimum Gasteiger partial charge on any atom is -0.496 e. The molecule has 182 valence electrons. The van der Waals surface area contributed by atoms with Crippen LogP contribution in [-0.4, -0.2) is 68.8 Å². The smallest absolute Gasteiger partial charge is 0.225 e. The van der Waals surface area contributed by atoms with Crippen LogP contribution in [0.4, 0.5) is 16.2 Å². The summed E-state index contributed by atoms with van der Waals surface area (Å²) < 4.78 is 21.5. The third-order valence-corrected chi connectivity index (χ3v) is 6.47. The van der Waals surface area contributed by atoms with Gasteiger partial charge in [-0.2, -0.15) is 0 Å². The zero-order valence-electron chi connectivity index (χ0n) is 20.1. The molecular weight excluding hydrogens is 447 g/mol. The van der Waals surface area contributed by atoms with Crippen LogP contribution in [0.2, 0.25) is 0 Å². The first-order valence-corrected chi connectivity index (χ1v) is 11.7. The lowest BCUT2D eigenvalue weighted by Gasteiger charge is -2.36. The Kier molecular flexibility index (Phi) is 6.45. The summed E-state index contributed by atoms with van der Waals surface area (Å²) in [6.07, 6.45) is 5.29. The number of hydrogen-bond acceptors (Lipinski definition) is 8. The number of piperazine rings is 1. The van der Waals surface area contributed by atoms with Crippen molar-refractivity contribution in [1.82, 2.24) is 29.5 Å². The van der Waals surface area contributed by atoms with Gasteiger partial charge in [-0.25, -0.2) is 14.4 Å². The highest BCUT2D eigenvalue weighted by molar-refractivity contribution is 5.78. The fraction of sp³-hybridized carbons (Fsp3) is 0.360. The Morgan fingerprint density at radius 2 is 1.83 bits per heavy atom. The average molecular weight is 477 g/mol. The molecule has 1 aromatic carbocycles. The number of fused-ring (bicyclic) bond motifs is 1. The Balaban J connectivity index is 1.34. The van der Waals surface area contributed by atoms with Crippen LogP contribution in [0.25, 0.3) is 16.8 Å². The van der Waals surface area contributed by atoms with E-state index in [1.807, 2.05) is 28.9 Å². The standard InChI is InChI=1S/C25H29FN8O/c1-17(2)32-9-11-33(12-10-32)25-28-13-18(14-29-25)19-7-8-23(34-16-30-31-24(19)34)27-15-20-21(26)5-4-6-22(20)35-3/h4-8,13-14,16-17,27H,9-12,15H2,1-3H3. The van der Waals surface area contributed by atoms with Crippen LogP contribution in [0.5, 0.6) is 5.75 Å². The normalized spacial score (nSPS) is 14.6. The van der Waals surface area contributed by atoms with Crippen molar-refractivity contribution in [3.8, 4) is 16.9 Å². The van der Waals surface area contributed by atoms with Gasteiger partial charge in [0.1, 0.15) is 23.7 Å². The molecule has 1 saturated heterocycles. The number of aromatic nitrogens is 5. The number of halogens is 1. The molecular formula is C25H29FN8O. The Morgan fingerprint density at radius 3 is 2.54 bits per heavy atom. The lowest BCUT2D eigenvalue weighted by molar-refractivity contribution is 0.208. The molecule has 35 heavy (non-hydrogen) atoms. The second-order valence-electron chi connectivity index (χ2n) is 8.82. The molecule has 4 heterocycles. The van der Waals surface area contributed by atoms with Crippen LogP contribution in [0.3, 0.4) is 0 Å². The lowest BCUT2D eigenvalue weighted by Crippen LogP contribution is -2.49. The largest absolute Gasteiger partial charge is 0.496 e. The second kappa shape index (κ2) is 9.83. The van der Waals surface area contributed by atoms with Crippen LogP contribution in [0.1, 0.15) is 19.4 Å². The summed E-state index contributed by atoms with van der Waals surface area (Å²) in [5.74, 6) is 1.65. The molecule has 9 nitrogen and oxygen atoms in total. The molecule has 0 unspecified atom stereocenters. The molecule has 1 fully saturated rings. The van der Waals surface area contributed by atoms with Gasteiger partial charge in [-0.05, 0) is 38.1 Å². The number of methoxy groups -OCH3 is 1. The molecule has 5 rings (SSSR count). The van der Waals surface area contributed by atoms with E-state index in [1.165, 1.54) is 13.2 Å². The summed E-state index contributed by atoms with van der Waals surface area (Å²) in [5.41, 5.74) is 2.85. The van der Waals surface area contributed by atoms with Crippen LogP contribution in [0, 0.1) is 5.82 Å². The lowest BCUT2D eigenvalue weighted by atomic mass is 10.1. The van der Waals surface area contributed by atoms with E-state index in [1.54, 1.807) is 18.5 Å².